The Balaban J connectivity index is 2.04. The molecule has 0 saturated carbocycles. The Kier molecular flexibility index (Phi) is 8.47. The van der Waals surface area contributed by atoms with Crippen LogP contribution in [0, 0.1) is 0 Å². The van der Waals surface area contributed by atoms with Crippen LogP contribution < -0.4 is 10.3 Å². The van der Waals surface area contributed by atoms with Crippen LogP contribution in [0.2, 0.25) is 0 Å². The number of rotatable bonds is 7. The Labute approximate surface area is 216 Å². The third-order valence-corrected chi connectivity index (χ3v) is 6.73. The number of esters is 1. The molecule has 7 nitrogen and oxygen atoms in total. The van der Waals surface area contributed by atoms with Gasteiger partial charge in [0.25, 0.3) is 5.56 Å². The van der Waals surface area contributed by atoms with Gasteiger partial charge in [-0.15, -0.1) is 0 Å². The summed E-state index contributed by atoms with van der Waals surface area (Å²) < 4.78 is 13.8. The number of benzene rings is 2. The molecule has 1 aromatic heterocycles. The number of aromatic nitrogens is 2. The molecular weight excluding hydrogens is 622 g/mol. The molecule has 0 N–H and O–H groups in total. The van der Waals surface area contributed by atoms with E-state index in [1.165, 1.54) is 11.8 Å². The van der Waals surface area contributed by atoms with Gasteiger partial charge in [0.1, 0.15) is 11.6 Å². The zero-order valence-corrected chi connectivity index (χ0v) is 23.2. The number of nitrogens with zero attached hydrogens (tertiary/aromatic N) is 3. The molecule has 0 radical (unpaired) electrons. The fraction of sp³-hybridized carbons (Fsp3) is 0.304. The molecule has 3 aromatic rings. The van der Waals surface area contributed by atoms with Crippen LogP contribution in [0.1, 0.15) is 44.5 Å². The second kappa shape index (κ2) is 10.9. The lowest BCUT2D eigenvalue weighted by atomic mass is 10.1. The van der Waals surface area contributed by atoms with E-state index in [2.05, 4.69) is 52.9 Å². The third-order valence-electron chi connectivity index (χ3n) is 5.06. The van der Waals surface area contributed by atoms with Gasteiger partial charge in [-0.3, -0.25) is 4.79 Å². The number of hydrogen-bond donors (Lipinski definition) is 0. The second-order valence-corrected chi connectivity index (χ2v) is 10.0. The zero-order valence-electron chi connectivity index (χ0n) is 18.4. The maximum atomic E-state index is 13.3. The molecule has 0 aliphatic carbocycles. The minimum absolute atomic E-state index is 0.0388. The molecule has 10 heteroatoms. The lowest BCUT2D eigenvalue weighted by molar-refractivity contribution is -0.147. The molecule has 0 fully saturated rings. The van der Waals surface area contributed by atoms with Crippen LogP contribution >= 0.6 is 47.8 Å². The lowest BCUT2D eigenvalue weighted by Crippen LogP contribution is -2.25. The van der Waals surface area contributed by atoms with E-state index in [4.69, 9.17) is 14.5 Å². The van der Waals surface area contributed by atoms with Crippen molar-refractivity contribution in [1.82, 2.24) is 9.66 Å². The summed E-state index contributed by atoms with van der Waals surface area (Å²) in [5.74, 6) is 0.613. The average Bonchev–Trinajstić information content (AvgIpc) is 2.79. The molecule has 174 valence electrons. The van der Waals surface area contributed by atoms with E-state index in [-0.39, 0.29) is 11.5 Å². The first-order chi connectivity index (χ1) is 15.7. The molecule has 2 aromatic carbocycles. The average molecular weight is 644 g/mol. The lowest BCUT2D eigenvalue weighted by Gasteiger charge is -2.16. The Bertz CT molecular complexity index is 1270. The van der Waals surface area contributed by atoms with Gasteiger partial charge in [-0.1, -0.05) is 29.8 Å². The van der Waals surface area contributed by atoms with E-state index in [0.717, 1.165) is 10.9 Å². The fourth-order valence-electron chi connectivity index (χ4n) is 3.06. The molecule has 0 unspecified atom stereocenters. The van der Waals surface area contributed by atoms with E-state index >= 15 is 0 Å². The number of ether oxygens (including phenoxy) is 2. The highest BCUT2D eigenvalue weighted by atomic mass is 79.9. The number of fused-ring (bicyclic) bond motifs is 1. The Hall–Kier alpha value is -2.04. The van der Waals surface area contributed by atoms with Gasteiger partial charge in [-0.2, -0.15) is 9.78 Å². The number of halogens is 3. The Morgan fingerprint density at radius 2 is 1.85 bits per heavy atom. The second-order valence-electron chi connectivity index (χ2n) is 7.40. The van der Waals surface area contributed by atoms with Crippen LogP contribution in [0.5, 0.6) is 5.75 Å². The van der Waals surface area contributed by atoms with Crippen LogP contribution in [0.15, 0.2) is 53.6 Å². The minimum atomic E-state index is -0.776. The van der Waals surface area contributed by atoms with Gasteiger partial charge in [0.15, 0.2) is 6.10 Å². The van der Waals surface area contributed by atoms with Crippen molar-refractivity contribution in [3.8, 4) is 5.75 Å². The standard InChI is InChI=1S/C23H22Br3N3O4/c1-5-12(2)21-28-19-7-6-15(24)10-16(19)22(30)29(21)27-11-14-8-17(25)20(18(26)9-14)33-13(3)23(31)32-4/h6-13H,5H2,1-4H3/t12-,13+/m1/s1. The smallest absolute Gasteiger partial charge is 0.346 e. The summed E-state index contributed by atoms with van der Waals surface area (Å²) in [4.78, 5) is 29.6. The molecule has 33 heavy (non-hydrogen) atoms. The maximum Gasteiger partial charge on any atom is 0.346 e. The summed E-state index contributed by atoms with van der Waals surface area (Å²) in [5.41, 5.74) is 1.11. The first-order valence-corrected chi connectivity index (χ1v) is 12.5. The third kappa shape index (κ3) is 5.73. The van der Waals surface area contributed by atoms with Crippen LogP contribution in [0.25, 0.3) is 10.9 Å². The Morgan fingerprint density at radius 1 is 1.18 bits per heavy atom. The topological polar surface area (TPSA) is 82.8 Å². The van der Waals surface area contributed by atoms with Gasteiger partial charge in [0.2, 0.25) is 0 Å². The molecule has 0 aliphatic heterocycles. The van der Waals surface area contributed by atoms with Gasteiger partial charge in [0.05, 0.1) is 33.2 Å². The monoisotopic (exact) mass is 641 g/mol. The maximum absolute atomic E-state index is 13.3. The molecule has 0 saturated heterocycles. The van der Waals surface area contributed by atoms with Crippen LogP contribution in [-0.2, 0) is 9.53 Å². The number of hydrogen-bond acceptors (Lipinski definition) is 6. The highest BCUT2D eigenvalue weighted by molar-refractivity contribution is 9.11. The van der Waals surface area contributed by atoms with Crippen molar-refractivity contribution in [3.05, 3.63) is 65.5 Å². The van der Waals surface area contributed by atoms with Crippen molar-refractivity contribution in [1.29, 1.82) is 0 Å². The molecular formula is C23H22Br3N3O4. The molecule has 3 rings (SSSR count). The van der Waals surface area contributed by atoms with Crippen molar-refractivity contribution >= 4 is 70.9 Å². The van der Waals surface area contributed by atoms with E-state index in [0.29, 0.717) is 37.0 Å². The quantitative estimate of drug-likeness (QED) is 0.232. The normalized spacial score (nSPS) is 13.3. The largest absolute Gasteiger partial charge is 0.477 e. The van der Waals surface area contributed by atoms with Crippen molar-refractivity contribution < 1.29 is 14.3 Å². The van der Waals surface area contributed by atoms with Crippen molar-refractivity contribution in [3.63, 3.8) is 0 Å². The highest BCUT2D eigenvalue weighted by Gasteiger charge is 2.19. The minimum Gasteiger partial charge on any atom is -0.477 e. The van der Waals surface area contributed by atoms with E-state index < -0.39 is 12.1 Å². The SMILES string of the molecule is CC[C@@H](C)c1nc2ccc(Br)cc2c(=O)n1N=Cc1cc(Br)c(O[C@@H](C)C(=O)OC)c(Br)c1. The number of carbonyl (C=O) groups is 1. The molecule has 2 atom stereocenters. The van der Waals surface area contributed by atoms with E-state index in [9.17, 15) is 9.59 Å². The predicted octanol–water partition coefficient (Wildman–Crippen LogP) is 6.02. The molecule has 0 amide bonds. The van der Waals surface area contributed by atoms with Crippen molar-refractivity contribution in [2.24, 2.45) is 5.10 Å². The molecule has 1 heterocycles. The predicted molar refractivity (Wildman–Crippen MR) is 139 cm³/mol. The summed E-state index contributed by atoms with van der Waals surface area (Å²) in [7, 11) is 1.31. The summed E-state index contributed by atoms with van der Waals surface area (Å²) in [5, 5.41) is 4.97. The van der Waals surface area contributed by atoms with Gasteiger partial charge >= 0.3 is 5.97 Å². The highest BCUT2D eigenvalue weighted by Crippen LogP contribution is 2.35. The number of methoxy groups -OCH3 is 1. The van der Waals surface area contributed by atoms with Gasteiger partial charge in [-0.25, -0.2) is 9.78 Å². The van der Waals surface area contributed by atoms with Crippen molar-refractivity contribution in [2.75, 3.05) is 7.11 Å². The summed E-state index contributed by atoms with van der Waals surface area (Å²) in [6.45, 7) is 5.66. The Morgan fingerprint density at radius 3 is 2.45 bits per heavy atom. The number of carbonyl (C=O) groups excluding carboxylic acids is 1. The summed E-state index contributed by atoms with van der Waals surface area (Å²) >= 11 is 10.4. The summed E-state index contributed by atoms with van der Waals surface area (Å²) in [6, 6.07) is 9.00. The van der Waals surface area contributed by atoms with Gasteiger partial charge < -0.3 is 9.47 Å². The van der Waals surface area contributed by atoms with Gasteiger partial charge in [-0.05, 0) is 81.1 Å². The van der Waals surface area contributed by atoms with Crippen LogP contribution in [0.3, 0.4) is 0 Å². The molecule has 0 bridgehead atoms. The first-order valence-electron chi connectivity index (χ1n) is 10.2. The van der Waals surface area contributed by atoms with E-state index in [1.54, 1.807) is 31.3 Å². The van der Waals surface area contributed by atoms with Crippen LogP contribution in [0.4, 0.5) is 0 Å². The zero-order chi connectivity index (χ0) is 24.3. The fourth-order valence-corrected chi connectivity index (χ4v) is 4.83. The summed E-state index contributed by atoms with van der Waals surface area (Å²) in [6.07, 6.45) is 1.62. The van der Waals surface area contributed by atoms with Crippen LogP contribution in [-0.4, -0.2) is 35.1 Å². The molecule has 0 spiro atoms. The molecule has 0 aliphatic rings. The van der Waals surface area contributed by atoms with Gasteiger partial charge in [0, 0.05) is 10.4 Å². The van der Waals surface area contributed by atoms with Crippen molar-refractivity contribution in [2.45, 2.75) is 39.2 Å². The first kappa shape index (κ1) is 25.6. The van der Waals surface area contributed by atoms with E-state index in [1.807, 2.05) is 26.0 Å².